The van der Waals surface area contributed by atoms with Crippen molar-refractivity contribution in [3.8, 4) is 0 Å². The second-order valence-corrected chi connectivity index (χ2v) is 7.25. The fourth-order valence-electron chi connectivity index (χ4n) is 3.94. The van der Waals surface area contributed by atoms with Crippen LogP contribution in [0.1, 0.15) is 44.6 Å². The smallest absolute Gasteiger partial charge is 0.136 e. The molecule has 0 atom stereocenters. The number of hydrogen-bond acceptors (Lipinski definition) is 2. The highest BCUT2D eigenvalue weighted by atomic mass is 15.2. The molecule has 4 nitrogen and oxygen atoms in total. The normalized spacial score (nSPS) is 14.6. The average Bonchev–Trinajstić information content (AvgIpc) is 3.31. The highest BCUT2D eigenvalue weighted by Gasteiger charge is 2.27. The second kappa shape index (κ2) is 8.38. The minimum absolute atomic E-state index is 0.837. The molecular weight excluding hydrogens is 332 g/mol. The van der Waals surface area contributed by atoms with E-state index in [1.54, 1.807) is 0 Å². The first-order valence-electron chi connectivity index (χ1n) is 10.2. The summed E-state index contributed by atoms with van der Waals surface area (Å²) >= 11 is 0. The van der Waals surface area contributed by atoms with Gasteiger partial charge in [0.05, 0.1) is 12.0 Å². The van der Waals surface area contributed by atoms with E-state index < -0.39 is 0 Å². The summed E-state index contributed by atoms with van der Waals surface area (Å²) in [7, 11) is 0. The molecule has 0 amide bonds. The summed E-state index contributed by atoms with van der Waals surface area (Å²) in [5.41, 5.74) is 2.62. The van der Waals surface area contributed by atoms with E-state index in [1.807, 2.05) is 18.7 Å². The van der Waals surface area contributed by atoms with Gasteiger partial charge in [-0.05, 0) is 24.3 Å². The molecule has 0 saturated carbocycles. The number of anilines is 1. The van der Waals surface area contributed by atoms with Gasteiger partial charge in [-0.15, -0.1) is 0 Å². The maximum Gasteiger partial charge on any atom is 0.136 e. The molecule has 3 aromatic rings. The summed E-state index contributed by atoms with van der Waals surface area (Å²) in [6, 6.07) is 13.2. The molecule has 0 radical (unpaired) electrons. The van der Waals surface area contributed by atoms with Gasteiger partial charge in [0, 0.05) is 43.0 Å². The zero-order valence-corrected chi connectivity index (χ0v) is 16.1. The van der Waals surface area contributed by atoms with Gasteiger partial charge in [0.2, 0.25) is 0 Å². The van der Waals surface area contributed by atoms with Gasteiger partial charge < -0.3 is 9.47 Å². The predicted molar refractivity (Wildman–Crippen MR) is 114 cm³/mol. The molecule has 2 aromatic carbocycles. The van der Waals surface area contributed by atoms with Crippen LogP contribution in [0, 0.1) is 0 Å². The van der Waals surface area contributed by atoms with E-state index in [-0.39, 0.29) is 0 Å². The second-order valence-electron chi connectivity index (χ2n) is 7.25. The summed E-state index contributed by atoms with van der Waals surface area (Å²) in [4.78, 5) is 11.6. The number of imidazole rings is 1. The number of aliphatic imine (C=N–C) groups is 1. The SMILES string of the molecule is CCCCCCN1/C(=N/CCCn2ccnc2)c2cccc3cccc1c23. The van der Waals surface area contributed by atoms with Crippen LogP contribution >= 0.6 is 0 Å². The molecule has 27 heavy (non-hydrogen) atoms. The first-order valence-corrected chi connectivity index (χ1v) is 10.2. The molecule has 2 heterocycles. The Morgan fingerprint density at radius 3 is 2.67 bits per heavy atom. The molecule has 0 bridgehead atoms. The van der Waals surface area contributed by atoms with Crippen molar-refractivity contribution in [2.45, 2.75) is 45.6 Å². The lowest BCUT2D eigenvalue weighted by Crippen LogP contribution is -2.29. The molecule has 0 N–H and O–H groups in total. The van der Waals surface area contributed by atoms with Crippen molar-refractivity contribution >= 4 is 22.3 Å². The molecule has 0 fully saturated rings. The van der Waals surface area contributed by atoms with E-state index in [2.05, 4.69) is 57.8 Å². The van der Waals surface area contributed by atoms with Gasteiger partial charge in [-0.1, -0.05) is 56.5 Å². The molecule has 140 valence electrons. The zero-order chi connectivity index (χ0) is 18.5. The lowest BCUT2D eigenvalue weighted by Gasteiger charge is -2.21. The fraction of sp³-hybridized carbons (Fsp3) is 0.391. The van der Waals surface area contributed by atoms with Gasteiger partial charge in [0.1, 0.15) is 5.84 Å². The van der Waals surface area contributed by atoms with Crippen LogP contribution in [0.2, 0.25) is 0 Å². The van der Waals surface area contributed by atoms with Crippen molar-refractivity contribution in [2.24, 2.45) is 4.99 Å². The molecule has 0 aliphatic carbocycles. The zero-order valence-electron chi connectivity index (χ0n) is 16.1. The standard InChI is InChI=1S/C23H28N4/c1-2-3-4-5-16-27-21-12-7-10-19-9-6-11-20(22(19)21)23(27)25-13-8-15-26-17-14-24-18-26/h6-7,9-12,14,17-18H,2-5,8,13,15-16H2,1H3/b25-23+. The van der Waals surface area contributed by atoms with E-state index in [4.69, 9.17) is 4.99 Å². The van der Waals surface area contributed by atoms with Crippen LogP contribution in [-0.2, 0) is 6.54 Å². The first-order chi connectivity index (χ1) is 13.4. The Kier molecular flexibility index (Phi) is 5.52. The number of amidine groups is 1. The third kappa shape index (κ3) is 3.75. The third-order valence-corrected chi connectivity index (χ3v) is 5.30. The minimum Gasteiger partial charge on any atom is -0.337 e. The van der Waals surface area contributed by atoms with Crippen LogP contribution < -0.4 is 4.90 Å². The lowest BCUT2D eigenvalue weighted by atomic mass is 10.1. The van der Waals surface area contributed by atoms with Crippen molar-refractivity contribution < 1.29 is 0 Å². The summed E-state index contributed by atoms with van der Waals surface area (Å²) in [5, 5.41) is 2.68. The lowest BCUT2D eigenvalue weighted by molar-refractivity contribution is 0.649. The monoisotopic (exact) mass is 360 g/mol. The van der Waals surface area contributed by atoms with Crippen LogP contribution in [0.3, 0.4) is 0 Å². The van der Waals surface area contributed by atoms with Crippen LogP contribution in [0.15, 0.2) is 60.1 Å². The Morgan fingerprint density at radius 2 is 1.85 bits per heavy atom. The van der Waals surface area contributed by atoms with Crippen molar-refractivity contribution in [2.75, 3.05) is 18.0 Å². The Labute approximate surface area is 161 Å². The highest BCUT2D eigenvalue weighted by molar-refractivity contribution is 6.27. The molecule has 0 saturated heterocycles. The Bertz CT molecular complexity index is 906. The Hall–Kier alpha value is -2.62. The first kappa shape index (κ1) is 17.8. The third-order valence-electron chi connectivity index (χ3n) is 5.30. The summed E-state index contributed by atoms with van der Waals surface area (Å²) in [5.74, 6) is 1.16. The van der Waals surface area contributed by atoms with Crippen LogP contribution in [0.5, 0.6) is 0 Å². The van der Waals surface area contributed by atoms with Crippen LogP contribution in [0.4, 0.5) is 5.69 Å². The quantitative estimate of drug-likeness (QED) is 0.487. The number of hydrogen-bond donors (Lipinski definition) is 0. The number of benzene rings is 2. The Morgan fingerprint density at radius 1 is 0.963 bits per heavy atom. The maximum atomic E-state index is 5.05. The number of aryl methyl sites for hydroxylation is 1. The maximum absolute atomic E-state index is 5.05. The largest absolute Gasteiger partial charge is 0.337 e. The fourth-order valence-corrected chi connectivity index (χ4v) is 3.94. The van der Waals surface area contributed by atoms with Gasteiger partial charge in [-0.2, -0.15) is 0 Å². The van der Waals surface area contributed by atoms with E-state index in [1.165, 1.54) is 47.7 Å². The Balaban J connectivity index is 1.55. The van der Waals surface area contributed by atoms with Gasteiger partial charge >= 0.3 is 0 Å². The van der Waals surface area contributed by atoms with Gasteiger partial charge in [-0.3, -0.25) is 4.99 Å². The van der Waals surface area contributed by atoms with E-state index in [0.717, 1.165) is 31.9 Å². The predicted octanol–water partition coefficient (Wildman–Crippen LogP) is 5.27. The summed E-state index contributed by atoms with van der Waals surface area (Å²) in [6.07, 6.45) is 11.8. The summed E-state index contributed by atoms with van der Waals surface area (Å²) in [6.45, 7) is 5.11. The van der Waals surface area contributed by atoms with Gasteiger partial charge in [-0.25, -0.2) is 4.98 Å². The number of rotatable bonds is 9. The van der Waals surface area contributed by atoms with Crippen molar-refractivity contribution in [1.29, 1.82) is 0 Å². The van der Waals surface area contributed by atoms with Crippen molar-refractivity contribution in [1.82, 2.24) is 9.55 Å². The molecule has 1 aliphatic rings. The highest BCUT2D eigenvalue weighted by Crippen LogP contribution is 2.37. The molecule has 1 aromatic heterocycles. The van der Waals surface area contributed by atoms with E-state index >= 15 is 0 Å². The molecule has 1 aliphatic heterocycles. The summed E-state index contributed by atoms with van der Waals surface area (Å²) < 4.78 is 2.12. The van der Waals surface area contributed by atoms with Crippen molar-refractivity contribution in [3.05, 3.63) is 60.7 Å². The molecule has 0 unspecified atom stereocenters. The molecular formula is C23H28N4. The molecule has 0 spiro atoms. The van der Waals surface area contributed by atoms with E-state index in [0.29, 0.717) is 0 Å². The topological polar surface area (TPSA) is 33.4 Å². The van der Waals surface area contributed by atoms with E-state index in [9.17, 15) is 0 Å². The molecule has 4 heteroatoms. The van der Waals surface area contributed by atoms with Crippen LogP contribution in [0.25, 0.3) is 10.8 Å². The van der Waals surface area contributed by atoms with Crippen LogP contribution in [-0.4, -0.2) is 28.5 Å². The van der Waals surface area contributed by atoms with Gasteiger partial charge in [0.15, 0.2) is 0 Å². The van der Waals surface area contributed by atoms with Gasteiger partial charge in [0.25, 0.3) is 0 Å². The van der Waals surface area contributed by atoms with Crippen molar-refractivity contribution in [3.63, 3.8) is 0 Å². The number of nitrogens with zero attached hydrogens (tertiary/aromatic N) is 4. The minimum atomic E-state index is 0.837. The number of unbranched alkanes of at least 4 members (excludes halogenated alkanes) is 3. The molecule has 4 rings (SSSR count). The average molecular weight is 361 g/mol. The number of aromatic nitrogens is 2.